The van der Waals surface area contributed by atoms with E-state index in [-0.39, 0.29) is 11.3 Å². The van der Waals surface area contributed by atoms with Crippen molar-refractivity contribution in [1.29, 1.82) is 0 Å². The second-order valence-corrected chi connectivity index (χ2v) is 2.90. The summed E-state index contributed by atoms with van der Waals surface area (Å²) in [6.07, 6.45) is 2.90. The van der Waals surface area contributed by atoms with E-state index >= 15 is 0 Å². The summed E-state index contributed by atoms with van der Waals surface area (Å²) in [5, 5.41) is 9.99. The van der Waals surface area contributed by atoms with Gasteiger partial charge in [-0.05, 0) is 18.2 Å². The van der Waals surface area contributed by atoms with Gasteiger partial charge in [0.05, 0.1) is 0 Å². The monoisotopic (exact) mass is 189 g/mol. The summed E-state index contributed by atoms with van der Waals surface area (Å²) < 4.78 is 13.4. The number of aromatic nitrogens is 1. The number of rotatable bonds is 1. The smallest absolute Gasteiger partial charge is 0.149 e. The maximum absolute atomic E-state index is 13.4. The summed E-state index contributed by atoms with van der Waals surface area (Å²) in [5.41, 5.74) is 0.621. The summed E-state index contributed by atoms with van der Waals surface area (Å²) in [4.78, 5) is 3.91. The molecule has 2 rings (SSSR count). The number of hydrogen-bond acceptors (Lipinski definition) is 2. The SMILES string of the molecule is C=Cc1cc(F)c2cccnc2c1O. The largest absolute Gasteiger partial charge is 0.505 e. The highest BCUT2D eigenvalue weighted by molar-refractivity contribution is 5.88. The second-order valence-electron chi connectivity index (χ2n) is 2.90. The lowest BCUT2D eigenvalue weighted by atomic mass is 10.1. The van der Waals surface area contributed by atoms with Crippen LogP contribution in [0.5, 0.6) is 5.75 Å². The Morgan fingerprint density at radius 3 is 3.00 bits per heavy atom. The van der Waals surface area contributed by atoms with E-state index in [1.165, 1.54) is 18.3 Å². The number of phenols is 1. The quantitative estimate of drug-likeness (QED) is 0.748. The summed E-state index contributed by atoms with van der Waals surface area (Å²) >= 11 is 0. The van der Waals surface area contributed by atoms with Crippen molar-refractivity contribution in [3.63, 3.8) is 0 Å². The molecule has 0 unspecified atom stereocenters. The summed E-state index contributed by atoms with van der Waals surface area (Å²) in [7, 11) is 0. The van der Waals surface area contributed by atoms with Gasteiger partial charge in [-0.2, -0.15) is 0 Å². The van der Waals surface area contributed by atoms with Crippen molar-refractivity contribution in [3.8, 4) is 5.75 Å². The Morgan fingerprint density at radius 1 is 1.50 bits per heavy atom. The molecule has 0 fully saturated rings. The van der Waals surface area contributed by atoms with Crippen LogP contribution in [0.1, 0.15) is 5.56 Å². The minimum absolute atomic E-state index is 0.0306. The number of nitrogens with zero attached hydrogens (tertiary/aromatic N) is 1. The highest BCUT2D eigenvalue weighted by Crippen LogP contribution is 2.29. The zero-order valence-corrected chi connectivity index (χ0v) is 7.37. The summed E-state index contributed by atoms with van der Waals surface area (Å²) in [6, 6.07) is 4.44. The molecule has 1 aromatic heterocycles. The lowest BCUT2D eigenvalue weighted by Gasteiger charge is -2.04. The van der Waals surface area contributed by atoms with E-state index in [9.17, 15) is 9.50 Å². The molecule has 0 spiro atoms. The Hall–Kier alpha value is -1.90. The number of pyridine rings is 1. The van der Waals surface area contributed by atoms with E-state index in [0.717, 1.165) is 0 Å². The molecule has 0 saturated heterocycles. The van der Waals surface area contributed by atoms with Crippen molar-refractivity contribution in [1.82, 2.24) is 4.98 Å². The lowest BCUT2D eigenvalue weighted by Crippen LogP contribution is -1.86. The first-order valence-corrected chi connectivity index (χ1v) is 4.12. The average molecular weight is 189 g/mol. The van der Waals surface area contributed by atoms with Gasteiger partial charge in [0.15, 0.2) is 0 Å². The Balaban J connectivity index is 2.94. The lowest BCUT2D eigenvalue weighted by molar-refractivity contribution is 0.477. The second kappa shape index (κ2) is 3.10. The molecular formula is C11H8FNO. The zero-order valence-electron chi connectivity index (χ0n) is 7.37. The Morgan fingerprint density at radius 2 is 2.29 bits per heavy atom. The van der Waals surface area contributed by atoms with E-state index in [0.29, 0.717) is 10.9 Å². The van der Waals surface area contributed by atoms with Crippen molar-refractivity contribution < 1.29 is 9.50 Å². The normalized spacial score (nSPS) is 10.4. The van der Waals surface area contributed by atoms with E-state index in [1.54, 1.807) is 12.1 Å². The average Bonchev–Trinajstić information content (AvgIpc) is 2.23. The maximum atomic E-state index is 13.4. The third-order valence-electron chi connectivity index (χ3n) is 2.06. The minimum Gasteiger partial charge on any atom is -0.505 e. The van der Waals surface area contributed by atoms with Gasteiger partial charge in [-0.1, -0.05) is 12.7 Å². The Kier molecular flexibility index (Phi) is 1.93. The van der Waals surface area contributed by atoms with Crippen molar-refractivity contribution in [2.45, 2.75) is 0 Å². The van der Waals surface area contributed by atoms with Crippen LogP contribution in [-0.4, -0.2) is 10.1 Å². The highest BCUT2D eigenvalue weighted by Gasteiger charge is 2.09. The third-order valence-corrected chi connectivity index (χ3v) is 2.06. The topological polar surface area (TPSA) is 33.1 Å². The van der Waals surface area contributed by atoms with Gasteiger partial charge in [0.1, 0.15) is 17.1 Å². The molecule has 70 valence electrons. The fourth-order valence-electron chi connectivity index (χ4n) is 1.36. The number of fused-ring (bicyclic) bond motifs is 1. The molecule has 1 heterocycles. The number of aromatic hydroxyl groups is 1. The molecule has 14 heavy (non-hydrogen) atoms. The predicted molar refractivity (Wildman–Crippen MR) is 53.5 cm³/mol. The maximum Gasteiger partial charge on any atom is 0.149 e. The predicted octanol–water partition coefficient (Wildman–Crippen LogP) is 2.72. The van der Waals surface area contributed by atoms with Crippen LogP contribution in [0.4, 0.5) is 4.39 Å². The van der Waals surface area contributed by atoms with Gasteiger partial charge >= 0.3 is 0 Å². The number of phenolic OH excluding ortho intramolecular Hbond substituents is 1. The minimum atomic E-state index is -0.402. The molecule has 0 radical (unpaired) electrons. The van der Waals surface area contributed by atoms with E-state index < -0.39 is 5.82 Å². The first-order valence-electron chi connectivity index (χ1n) is 4.12. The third kappa shape index (κ3) is 1.14. The van der Waals surface area contributed by atoms with Gasteiger partial charge in [0, 0.05) is 17.1 Å². The van der Waals surface area contributed by atoms with Gasteiger partial charge in [0.25, 0.3) is 0 Å². The Labute approximate surface area is 80.3 Å². The van der Waals surface area contributed by atoms with Crippen LogP contribution in [0.2, 0.25) is 0 Å². The molecular weight excluding hydrogens is 181 g/mol. The van der Waals surface area contributed by atoms with Crippen LogP contribution in [0.25, 0.3) is 17.0 Å². The molecule has 0 saturated carbocycles. The van der Waals surface area contributed by atoms with Gasteiger partial charge < -0.3 is 5.11 Å². The molecule has 0 amide bonds. The van der Waals surface area contributed by atoms with E-state index in [2.05, 4.69) is 11.6 Å². The van der Waals surface area contributed by atoms with Crippen molar-refractivity contribution >= 4 is 17.0 Å². The van der Waals surface area contributed by atoms with Crippen LogP contribution in [0, 0.1) is 5.82 Å². The van der Waals surface area contributed by atoms with Gasteiger partial charge in [-0.15, -0.1) is 0 Å². The molecule has 0 bridgehead atoms. The fourth-order valence-corrected chi connectivity index (χ4v) is 1.36. The van der Waals surface area contributed by atoms with Gasteiger partial charge in [-0.3, -0.25) is 4.98 Å². The van der Waals surface area contributed by atoms with Gasteiger partial charge in [0.2, 0.25) is 0 Å². The molecule has 0 aliphatic rings. The number of halogens is 1. The summed E-state index contributed by atoms with van der Waals surface area (Å²) in [6.45, 7) is 3.49. The molecule has 0 aliphatic heterocycles. The Bertz CT molecular complexity index is 508. The van der Waals surface area contributed by atoms with Gasteiger partial charge in [-0.25, -0.2) is 4.39 Å². The van der Waals surface area contributed by atoms with Crippen molar-refractivity contribution in [2.75, 3.05) is 0 Å². The van der Waals surface area contributed by atoms with Crippen molar-refractivity contribution in [2.24, 2.45) is 0 Å². The molecule has 0 aliphatic carbocycles. The van der Waals surface area contributed by atoms with Crippen LogP contribution in [0.3, 0.4) is 0 Å². The standard InChI is InChI=1S/C11H8FNO/c1-2-7-6-9(12)8-4-3-5-13-10(8)11(7)14/h2-6,14H,1H2. The van der Waals surface area contributed by atoms with Crippen molar-refractivity contribution in [3.05, 3.63) is 42.4 Å². The van der Waals surface area contributed by atoms with E-state index in [4.69, 9.17) is 0 Å². The number of hydrogen-bond donors (Lipinski definition) is 1. The molecule has 2 nitrogen and oxygen atoms in total. The first kappa shape index (κ1) is 8.69. The van der Waals surface area contributed by atoms with Crippen LogP contribution in [-0.2, 0) is 0 Å². The zero-order chi connectivity index (χ0) is 10.1. The van der Waals surface area contributed by atoms with Crippen LogP contribution < -0.4 is 0 Å². The fraction of sp³-hybridized carbons (Fsp3) is 0. The molecule has 3 heteroatoms. The molecule has 1 N–H and O–H groups in total. The molecule has 2 aromatic rings. The molecule has 1 aromatic carbocycles. The summed E-state index contributed by atoms with van der Waals surface area (Å²) in [5.74, 6) is -0.433. The highest BCUT2D eigenvalue weighted by atomic mass is 19.1. The first-order chi connectivity index (χ1) is 6.74. The van der Waals surface area contributed by atoms with E-state index in [1.807, 2.05) is 0 Å². The van der Waals surface area contributed by atoms with Crippen LogP contribution >= 0.6 is 0 Å². The number of benzene rings is 1. The molecule has 0 atom stereocenters. The van der Waals surface area contributed by atoms with Crippen LogP contribution in [0.15, 0.2) is 31.0 Å².